The minimum atomic E-state index is 0.322. The van der Waals surface area contributed by atoms with E-state index in [1.807, 2.05) is 26.2 Å². The Balaban J connectivity index is 0.000000237. The van der Waals surface area contributed by atoms with Gasteiger partial charge in [-0.15, -0.1) is 0 Å². The summed E-state index contributed by atoms with van der Waals surface area (Å²) >= 11 is 0. The van der Waals surface area contributed by atoms with Crippen LogP contribution in [0, 0.1) is 5.41 Å². The molecular formula is C30H51N5O. The first-order chi connectivity index (χ1) is 17.4. The van der Waals surface area contributed by atoms with Crippen LogP contribution in [0.2, 0.25) is 0 Å². The molecule has 2 aliphatic rings. The van der Waals surface area contributed by atoms with Crippen molar-refractivity contribution in [2.24, 2.45) is 5.41 Å². The SMILES string of the molecule is CC.CC(C)(C)Cc1ccc(N2CCOCC2)nc1.CCCc1ccnc(N2CCN(CC)CC2)c1. The van der Waals surface area contributed by atoms with E-state index in [-0.39, 0.29) is 0 Å². The molecule has 0 spiro atoms. The summed E-state index contributed by atoms with van der Waals surface area (Å²) in [6.07, 6.45) is 7.39. The maximum absolute atomic E-state index is 5.34. The van der Waals surface area contributed by atoms with Gasteiger partial charge in [0.2, 0.25) is 0 Å². The fourth-order valence-corrected chi connectivity index (χ4v) is 4.48. The van der Waals surface area contributed by atoms with E-state index in [1.54, 1.807) is 0 Å². The third kappa shape index (κ3) is 10.4. The number of aromatic nitrogens is 2. The topological polar surface area (TPSA) is 44.7 Å². The molecule has 6 heteroatoms. The van der Waals surface area contributed by atoms with Gasteiger partial charge in [0.15, 0.2) is 0 Å². The lowest BCUT2D eigenvalue weighted by Crippen LogP contribution is -2.46. The van der Waals surface area contributed by atoms with Crippen LogP contribution in [-0.2, 0) is 17.6 Å². The van der Waals surface area contributed by atoms with Crippen molar-refractivity contribution in [3.63, 3.8) is 0 Å². The van der Waals surface area contributed by atoms with Crippen LogP contribution in [0.3, 0.4) is 0 Å². The van der Waals surface area contributed by atoms with E-state index >= 15 is 0 Å². The predicted octanol–water partition coefficient (Wildman–Crippen LogP) is 5.71. The average molecular weight is 498 g/mol. The summed E-state index contributed by atoms with van der Waals surface area (Å²) in [7, 11) is 0. The third-order valence-electron chi connectivity index (χ3n) is 6.37. The molecule has 0 bridgehead atoms. The van der Waals surface area contributed by atoms with E-state index in [2.05, 4.69) is 83.6 Å². The molecule has 2 aliphatic heterocycles. The Morgan fingerprint density at radius 3 is 2.03 bits per heavy atom. The summed E-state index contributed by atoms with van der Waals surface area (Å²) in [5, 5.41) is 0. The van der Waals surface area contributed by atoms with Gasteiger partial charge in [-0.2, -0.15) is 0 Å². The first kappa shape index (κ1) is 30.0. The number of nitrogens with zero attached hydrogens (tertiary/aromatic N) is 5. The average Bonchev–Trinajstić information content (AvgIpc) is 2.91. The highest BCUT2D eigenvalue weighted by Gasteiger charge is 2.17. The Morgan fingerprint density at radius 1 is 0.806 bits per heavy atom. The highest BCUT2D eigenvalue weighted by atomic mass is 16.5. The van der Waals surface area contributed by atoms with Gasteiger partial charge in [-0.1, -0.05) is 61.0 Å². The molecule has 2 fully saturated rings. The number of piperazine rings is 1. The summed E-state index contributed by atoms with van der Waals surface area (Å²) in [5.41, 5.74) is 3.05. The third-order valence-corrected chi connectivity index (χ3v) is 6.37. The Hall–Kier alpha value is -2.18. The summed E-state index contributed by atoms with van der Waals surface area (Å²) in [6, 6.07) is 8.72. The van der Waals surface area contributed by atoms with Gasteiger partial charge < -0.3 is 19.4 Å². The molecule has 2 saturated heterocycles. The van der Waals surface area contributed by atoms with Gasteiger partial charge in [-0.3, -0.25) is 0 Å². The number of hydrogen-bond acceptors (Lipinski definition) is 6. The van der Waals surface area contributed by atoms with E-state index in [9.17, 15) is 0 Å². The van der Waals surface area contributed by atoms with Gasteiger partial charge in [0.25, 0.3) is 0 Å². The van der Waals surface area contributed by atoms with Crippen molar-refractivity contribution in [1.29, 1.82) is 0 Å². The molecule has 4 rings (SSSR count). The van der Waals surface area contributed by atoms with Crippen LogP contribution < -0.4 is 9.80 Å². The van der Waals surface area contributed by atoms with E-state index in [0.717, 1.165) is 83.5 Å². The van der Waals surface area contributed by atoms with Crippen molar-refractivity contribution in [3.8, 4) is 0 Å². The van der Waals surface area contributed by atoms with E-state index in [4.69, 9.17) is 4.74 Å². The number of aryl methyl sites for hydroxylation is 1. The fraction of sp³-hybridized carbons (Fsp3) is 0.667. The number of hydrogen-bond donors (Lipinski definition) is 0. The lowest BCUT2D eigenvalue weighted by atomic mass is 9.89. The molecule has 2 aromatic heterocycles. The van der Waals surface area contributed by atoms with Gasteiger partial charge in [-0.05, 0) is 54.1 Å². The summed E-state index contributed by atoms with van der Waals surface area (Å²) in [5.74, 6) is 2.23. The van der Waals surface area contributed by atoms with E-state index < -0.39 is 0 Å². The number of rotatable bonds is 6. The monoisotopic (exact) mass is 497 g/mol. The quantitative estimate of drug-likeness (QED) is 0.509. The smallest absolute Gasteiger partial charge is 0.128 e. The van der Waals surface area contributed by atoms with Crippen molar-refractivity contribution >= 4 is 11.6 Å². The summed E-state index contributed by atoms with van der Waals surface area (Å²) < 4.78 is 5.34. The van der Waals surface area contributed by atoms with E-state index in [1.165, 1.54) is 17.5 Å². The van der Waals surface area contributed by atoms with Gasteiger partial charge in [0.1, 0.15) is 11.6 Å². The minimum Gasteiger partial charge on any atom is -0.378 e. The molecule has 4 heterocycles. The molecule has 36 heavy (non-hydrogen) atoms. The molecule has 202 valence electrons. The molecule has 0 atom stereocenters. The van der Waals surface area contributed by atoms with Gasteiger partial charge in [0.05, 0.1) is 13.2 Å². The second-order valence-corrected chi connectivity index (χ2v) is 10.6. The van der Waals surface area contributed by atoms with Gasteiger partial charge >= 0.3 is 0 Å². The number of morpholine rings is 1. The Morgan fingerprint density at radius 2 is 1.47 bits per heavy atom. The molecule has 0 aromatic carbocycles. The largest absolute Gasteiger partial charge is 0.378 e. The number of anilines is 2. The minimum absolute atomic E-state index is 0.322. The standard InChI is InChI=1S/C14H23N3.C14H22N2O.C2H6/c1-3-5-13-6-7-15-14(12-13)17-10-8-16(4-2)9-11-17;1-14(2,3)10-12-4-5-13(15-11-12)16-6-8-17-9-7-16;1-2/h6-7,12H,3-5,8-11H2,1-2H3;4-5,11H,6-10H2,1-3H3;1-2H3. The number of pyridine rings is 2. The summed E-state index contributed by atoms with van der Waals surface area (Å²) in [6.45, 7) is 24.4. The van der Waals surface area contributed by atoms with Gasteiger partial charge in [-0.25, -0.2) is 9.97 Å². The zero-order valence-electron chi connectivity index (χ0n) is 24.1. The second kappa shape index (κ2) is 15.8. The maximum atomic E-state index is 5.34. The molecule has 0 unspecified atom stereocenters. The van der Waals surface area contributed by atoms with Crippen molar-refractivity contribution in [1.82, 2.24) is 14.9 Å². The number of ether oxygens (including phenoxy) is 1. The van der Waals surface area contributed by atoms with Crippen LogP contribution in [0.1, 0.15) is 66.0 Å². The molecule has 0 amide bonds. The van der Waals surface area contributed by atoms with Crippen LogP contribution >= 0.6 is 0 Å². The van der Waals surface area contributed by atoms with Crippen LogP contribution in [0.25, 0.3) is 0 Å². The molecule has 6 nitrogen and oxygen atoms in total. The second-order valence-electron chi connectivity index (χ2n) is 10.6. The van der Waals surface area contributed by atoms with Crippen molar-refractivity contribution in [2.75, 3.05) is 68.8 Å². The number of likely N-dealkylation sites (N-methyl/N-ethyl adjacent to an activating group) is 1. The first-order valence-corrected chi connectivity index (χ1v) is 14.1. The highest BCUT2D eigenvalue weighted by molar-refractivity contribution is 5.42. The van der Waals surface area contributed by atoms with Crippen LogP contribution in [0.4, 0.5) is 11.6 Å². The molecule has 0 aliphatic carbocycles. The zero-order valence-corrected chi connectivity index (χ0v) is 24.1. The summed E-state index contributed by atoms with van der Waals surface area (Å²) in [4.78, 5) is 16.2. The highest BCUT2D eigenvalue weighted by Crippen LogP contribution is 2.21. The Kier molecular flexibility index (Phi) is 13.2. The van der Waals surface area contributed by atoms with Crippen molar-refractivity contribution in [2.45, 2.75) is 67.7 Å². The van der Waals surface area contributed by atoms with Gasteiger partial charge in [0, 0.05) is 51.7 Å². The van der Waals surface area contributed by atoms with Crippen LogP contribution in [0.5, 0.6) is 0 Å². The van der Waals surface area contributed by atoms with E-state index in [0.29, 0.717) is 5.41 Å². The van der Waals surface area contributed by atoms with Crippen LogP contribution in [-0.4, -0.2) is 73.9 Å². The Bertz CT molecular complexity index is 835. The molecule has 0 saturated carbocycles. The predicted molar refractivity (Wildman–Crippen MR) is 154 cm³/mol. The molecule has 0 radical (unpaired) electrons. The Labute approximate surface area is 221 Å². The zero-order chi connectivity index (χ0) is 26.4. The normalized spacial score (nSPS) is 16.5. The molecular weight excluding hydrogens is 446 g/mol. The molecule has 2 aromatic rings. The van der Waals surface area contributed by atoms with Crippen LogP contribution in [0.15, 0.2) is 36.7 Å². The van der Waals surface area contributed by atoms with Crippen molar-refractivity contribution in [3.05, 3.63) is 47.8 Å². The fourth-order valence-electron chi connectivity index (χ4n) is 4.48. The maximum Gasteiger partial charge on any atom is 0.128 e. The molecule has 0 N–H and O–H groups in total. The van der Waals surface area contributed by atoms with Crippen molar-refractivity contribution < 1.29 is 4.74 Å². The first-order valence-electron chi connectivity index (χ1n) is 14.1. The lowest BCUT2D eigenvalue weighted by molar-refractivity contribution is 0.122. The lowest BCUT2D eigenvalue weighted by Gasteiger charge is -2.34.